The summed E-state index contributed by atoms with van der Waals surface area (Å²) in [5, 5.41) is 11.5. The normalized spacial score (nSPS) is 12.3. The lowest BCUT2D eigenvalue weighted by Gasteiger charge is -2.12. The Balaban J connectivity index is 2.47. The maximum atomic E-state index is 11.7. The Kier molecular flexibility index (Phi) is 6.50. The van der Waals surface area contributed by atoms with Crippen molar-refractivity contribution in [3.63, 3.8) is 0 Å². The van der Waals surface area contributed by atoms with Gasteiger partial charge in [0.05, 0.1) is 0 Å². The minimum absolute atomic E-state index is 0.0247. The molecular formula is C16H21NO3. The van der Waals surface area contributed by atoms with Gasteiger partial charge in [0.15, 0.2) is 0 Å². The molecule has 1 amide bonds. The molecule has 20 heavy (non-hydrogen) atoms. The van der Waals surface area contributed by atoms with Gasteiger partial charge in [0, 0.05) is 19.0 Å². The molecule has 4 nitrogen and oxygen atoms in total. The van der Waals surface area contributed by atoms with Crippen molar-refractivity contribution in [2.75, 3.05) is 6.54 Å². The van der Waals surface area contributed by atoms with Gasteiger partial charge in [0.25, 0.3) is 0 Å². The molecule has 1 aromatic rings. The molecule has 0 heterocycles. The first-order chi connectivity index (χ1) is 9.52. The summed E-state index contributed by atoms with van der Waals surface area (Å²) in [5.41, 5.74) is 2.11. The van der Waals surface area contributed by atoms with Crippen LogP contribution in [0.4, 0.5) is 0 Å². The van der Waals surface area contributed by atoms with Crippen LogP contribution in [0.25, 0.3) is 6.08 Å². The molecule has 0 aliphatic heterocycles. The zero-order valence-electron chi connectivity index (χ0n) is 11.9. The van der Waals surface area contributed by atoms with Gasteiger partial charge in [-0.25, -0.2) is 0 Å². The molecule has 1 aromatic carbocycles. The molecule has 0 saturated carbocycles. The number of amides is 1. The highest BCUT2D eigenvalue weighted by atomic mass is 16.4. The molecule has 0 aromatic heterocycles. The van der Waals surface area contributed by atoms with Gasteiger partial charge in [-0.15, -0.1) is 0 Å². The fourth-order valence-corrected chi connectivity index (χ4v) is 1.85. The molecule has 1 unspecified atom stereocenters. The van der Waals surface area contributed by atoms with E-state index in [4.69, 9.17) is 5.11 Å². The molecule has 1 rings (SSSR count). The molecule has 0 spiro atoms. The number of carbonyl (C=O) groups is 2. The summed E-state index contributed by atoms with van der Waals surface area (Å²) >= 11 is 0. The lowest BCUT2D eigenvalue weighted by molar-refractivity contribution is -0.138. The fraction of sp³-hybridized carbons (Fsp3) is 0.375. The van der Waals surface area contributed by atoms with Crippen molar-refractivity contribution >= 4 is 18.0 Å². The van der Waals surface area contributed by atoms with Crippen LogP contribution in [0.2, 0.25) is 0 Å². The highest BCUT2D eigenvalue weighted by Gasteiger charge is 2.11. The van der Waals surface area contributed by atoms with Crippen LogP contribution >= 0.6 is 0 Å². The number of rotatable bonds is 7. The van der Waals surface area contributed by atoms with Crippen molar-refractivity contribution in [2.24, 2.45) is 5.92 Å². The first kappa shape index (κ1) is 16.0. The van der Waals surface area contributed by atoms with Crippen LogP contribution in [0.5, 0.6) is 0 Å². The predicted octanol–water partition coefficient (Wildman–Crippen LogP) is 2.63. The monoisotopic (exact) mass is 275 g/mol. The summed E-state index contributed by atoms with van der Waals surface area (Å²) in [6.45, 7) is 4.29. The maximum absolute atomic E-state index is 11.7. The van der Waals surface area contributed by atoms with E-state index < -0.39 is 5.97 Å². The number of nitrogens with one attached hydrogen (secondary N) is 1. The number of aryl methyl sites for hydroxylation is 1. The smallest absolute Gasteiger partial charge is 0.303 e. The van der Waals surface area contributed by atoms with E-state index in [2.05, 4.69) is 5.32 Å². The average molecular weight is 275 g/mol. The quantitative estimate of drug-likeness (QED) is 0.752. The number of carboxylic acid groups (broad SMARTS) is 1. The van der Waals surface area contributed by atoms with E-state index in [1.165, 1.54) is 6.08 Å². The third-order valence-corrected chi connectivity index (χ3v) is 3.21. The van der Waals surface area contributed by atoms with Gasteiger partial charge in [0.1, 0.15) is 0 Å². The van der Waals surface area contributed by atoms with Gasteiger partial charge in [0.2, 0.25) is 5.91 Å². The second-order valence-electron chi connectivity index (χ2n) is 4.81. The number of benzene rings is 1. The Bertz CT molecular complexity index is 494. The van der Waals surface area contributed by atoms with Crippen molar-refractivity contribution in [1.82, 2.24) is 5.32 Å². The molecule has 0 saturated heterocycles. The van der Waals surface area contributed by atoms with Crippen LogP contribution in [0.3, 0.4) is 0 Å². The molecule has 0 aliphatic carbocycles. The van der Waals surface area contributed by atoms with E-state index in [1.54, 1.807) is 6.08 Å². The van der Waals surface area contributed by atoms with Crippen molar-refractivity contribution in [2.45, 2.75) is 26.7 Å². The first-order valence-electron chi connectivity index (χ1n) is 6.76. The van der Waals surface area contributed by atoms with Crippen molar-refractivity contribution in [3.05, 3.63) is 41.5 Å². The number of hydrogen-bond donors (Lipinski definition) is 2. The van der Waals surface area contributed by atoms with Crippen molar-refractivity contribution in [1.29, 1.82) is 0 Å². The molecule has 2 N–H and O–H groups in total. The third kappa shape index (κ3) is 5.69. The Labute approximate surface area is 119 Å². The Morgan fingerprint density at radius 1 is 1.35 bits per heavy atom. The van der Waals surface area contributed by atoms with Crippen LogP contribution in [0.15, 0.2) is 30.3 Å². The summed E-state index contributed by atoms with van der Waals surface area (Å²) in [7, 11) is 0. The van der Waals surface area contributed by atoms with Crippen molar-refractivity contribution in [3.8, 4) is 0 Å². The zero-order chi connectivity index (χ0) is 15.0. The molecule has 0 aliphatic rings. The van der Waals surface area contributed by atoms with Crippen LogP contribution in [-0.4, -0.2) is 23.5 Å². The van der Waals surface area contributed by atoms with Crippen LogP contribution in [0, 0.1) is 12.8 Å². The standard InChI is InChI=1S/C16H21NO3/c1-3-13(10-16(19)20)11-17-15(18)9-8-14-7-5-4-6-12(14)2/h4-9,13H,3,10-11H2,1-2H3,(H,17,18)(H,19,20)/b9-8+. The molecular weight excluding hydrogens is 254 g/mol. The fourth-order valence-electron chi connectivity index (χ4n) is 1.85. The van der Waals surface area contributed by atoms with E-state index in [0.29, 0.717) is 6.54 Å². The first-order valence-corrected chi connectivity index (χ1v) is 6.76. The van der Waals surface area contributed by atoms with Crippen molar-refractivity contribution < 1.29 is 14.7 Å². The van der Waals surface area contributed by atoms with Gasteiger partial charge in [-0.1, -0.05) is 37.6 Å². The van der Waals surface area contributed by atoms with Gasteiger partial charge in [-0.3, -0.25) is 9.59 Å². The summed E-state index contributed by atoms with van der Waals surface area (Å²) in [4.78, 5) is 22.3. The van der Waals surface area contributed by atoms with E-state index in [1.807, 2.05) is 38.1 Å². The topological polar surface area (TPSA) is 66.4 Å². The van der Waals surface area contributed by atoms with Crippen LogP contribution in [0.1, 0.15) is 30.9 Å². The van der Waals surface area contributed by atoms with E-state index >= 15 is 0 Å². The minimum atomic E-state index is -0.832. The average Bonchev–Trinajstić information content (AvgIpc) is 2.42. The summed E-state index contributed by atoms with van der Waals surface area (Å²) in [6.07, 6.45) is 4.06. The van der Waals surface area contributed by atoms with Gasteiger partial charge < -0.3 is 10.4 Å². The minimum Gasteiger partial charge on any atom is -0.481 e. The third-order valence-electron chi connectivity index (χ3n) is 3.21. The second kappa shape index (κ2) is 8.15. The van der Waals surface area contributed by atoms with E-state index in [0.717, 1.165) is 17.5 Å². The highest BCUT2D eigenvalue weighted by Crippen LogP contribution is 2.09. The predicted molar refractivity (Wildman–Crippen MR) is 79.3 cm³/mol. The molecule has 4 heteroatoms. The summed E-state index contributed by atoms with van der Waals surface area (Å²) < 4.78 is 0. The maximum Gasteiger partial charge on any atom is 0.303 e. The van der Waals surface area contributed by atoms with Crippen LogP contribution in [-0.2, 0) is 9.59 Å². The lowest BCUT2D eigenvalue weighted by atomic mass is 10.0. The molecule has 0 radical (unpaired) electrons. The Hall–Kier alpha value is -2.10. The van der Waals surface area contributed by atoms with Crippen LogP contribution < -0.4 is 5.32 Å². The number of carbonyl (C=O) groups excluding carboxylic acids is 1. The molecule has 0 bridgehead atoms. The van der Waals surface area contributed by atoms with Gasteiger partial charge in [-0.05, 0) is 30.0 Å². The lowest BCUT2D eigenvalue weighted by Crippen LogP contribution is -2.28. The Morgan fingerprint density at radius 3 is 2.65 bits per heavy atom. The van der Waals surface area contributed by atoms with E-state index in [9.17, 15) is 9.59 Å². The zero-order valence-corrected chi connectivity index (χ0v) is 11.9. The second-order valence-corrected chi connectivity index (χ2v) is 4.81. The largest absolute Gasteiger partial charge is 0.481 e. The van der Waals surface area contributed by atoms with Gasteiger partial charge >= 0.3 is 5.97 Å². The number of hydrogen-bond acceptors (Lipinski definition) is 2. The number of aliphatic carboxylic acids is 1. The SMILES string of the molecule is CCC(CNC(=O)/C=C/c1ccccc1C)CC(=O)O. The molecule has 108 valence electrons. The summed E-state index contributed by atoms with van der Waals surface area (Å²) in [6, 6.07) is 7.80. The molecule has 1 atom stereocenters. The summed E-state index contributed by atoms with van der Waals surface area (Å²) in [5.74, 6) is -1.05. The number of carboxylic acids is 1. The van der Waals surface area contributed by atoms with Gasteiger partial charge in [-0.2, -0.15) is 0 Å². The Morgan fingerprint density at radius 2 is 2.05 bits per heavy atom. The molecule has 0 fully saturated rings. The highest BCUT2D eigenvalue weighted by molar-refractivity contribution is 5.91. The van der Waals surface area contributed by atoms with E-state index in [-0.39, 0.29) is 18.2 Å².